The Labute approximate surface area is 263 Å². The molecule has 0 radical (unpaired) electrons. The van der Waals surface area contributed by atoms with E-state index in [4.69, 9.17) is 9.47 Å². The van der Waals surface area contributed by atoms with Crippen molar-refractivity contribution in [1.29, 1.82) is 0 Å². The minimum atomic E-state index is -3.81. The maximum Gasteiger partial charge on any atom is 0.259 e. The molecule has 0 spiro atoms. The molecule has 0 saturated heterocycles. The van der Waals surface area contributed by atoms with Crippen LogP contribution in [-0.4, -0.2) is 78.6 Å². The third-order valence-electron chi connectivity index (χ3n) is 9.20. The van der Waals surface area contributed by atoms with E-state index >= 15 is 0 Å². The van der Waals surface area contributed by atoms with Crippen LogP contribution in [0.25, 0.3) is 11.4 Å². The molecule has 1 aromatic heterocycles. The zero-order valence-corrected chi connectivity index (χ0v) is 26.3. The van der Waals surface area contributed by atoms with Crippen LogP contribution in [-0.2, 0) is 24.4 Å². The van der Waals surface area contributed by atoms with E-state index in [0.29, 0.717) is 31.1 Å². The number of aromatic nitrogens is 2. The molecule has 45 heavy (non-hydrogen) atoms. The highest BCUT2D eigenvalue weighted by molar-refractivity contribution is 7.91. The average molecular weight is 638 g/mol. The summed E-state index contributed by atoms with van der Waals surface area (Å²) in [4.78, 5) is 51.8. The van der Waals surface area contributed by atoms with Crippen LogP contribution in [0, 0.1) is 17.8 Å². The molecule has 13 heteroatoms. The molecule has 3 fully saturated rings. The van der Waals surface area contributed by atoms with Crippen molar-refractivity contribution in [2.24, 2.45) is 17.8 Å². The number of nitrogens with zero attached hydrogens (tertiary/aromatic N) is 3. The third kappa shape index (κ3) is 6.68. The zero-order valence-electron chi connectivity index (χ0n) is 25.5. The Hall–Kier alpha value is -4.00. The largest absolute Gasteiger partial charge is 0.481 e. The van der Waals surface area contributed by atoms with Gasteiger partial charge in [-0.15, -0.1) is 0 Å². The van der Waals surface area contributed by atoms with Crippen molar-refractivity contribution in [3.05, 3.63) is 48.6 Å². The summed E-state index contributed by atoms with van der Waals surface area (Å²) in [6, 6.07) is 11.0. The van der Waals surface area contributed by atoms with Crippen LogP contribution < -0.4 is 19.5 Å². The average Bonchev–Trinajstić information content (AvgIpc) is 3.95. The number of allylic oxidation sites excluding steroid dienone is 1. The van der Waals surface area contributed by atoms with Crippen molar-refractivity contribution < 1.29 is 32.3 Å². The Morgan fingerprint density at radius 3 is 2.53 bits per heavy atom. The Kier molecular flexibility index (Phi) is 8.55. The van der Waals surface area contributed by atoms with Crippen LogP contribution in [0.1, 0.15) is 51.4 Å². The Balaban J connectivity index is 1.26. The quantitative estimate of drug-likeness (QED) is 0.436. The molecule has 2 aromatic rings. The fourth-order valence-corrected chi connectivity index (χ4v) is 7.71. The van der Waals surface area contributed by atoms with Gasteiger partial charge in [-0.3, -0.25) is 19.1 Å². The molecule has 12 nitrogen and oxygen atoms in total. The predicted octanol–water partition coefficient (Wildman–Crippen LogP) is 2.61. The molecule has 6 rings (SSSR count). The van der Waals surface area contributed by atoms with Crippen molar-refractivity contribution in [1.82, 2.24) is 24.9 Å². The summed E-state index contributed by atoms with van der Waals surface area (Å²) in [6.07, 6.45) is 7.51. The van der Waals surface area contributed by atoms with Gasteiger partial charge in [0.2, 0.25) is 33.6 Å². The number of amides is 3. The van der Waals surface area contributed by atoms with Gasteiger partial charge in [0.25, 0.3) is 5.91 Å². The van der Waals surface area contributed by atoms with Crippen LogP contribution >= 0.6 is 0 Å². The molecule has 2 N–H and O–H groups in total. The van der Waals surface area contributed by atoms with Gasteiger partial charge in [-0.25, -0.2) is 8.42 Å². The van der Waals surface area contributed by atoms with E-state index in [9.17, 15) is 22.8 Å². The summed E-state index contributed by atoms with van der Waals surface area (Å²) in [6.45, 7) is 0.557. The van der Waals surface area contributed by atoms with Gasteiger partial charge in [-0.2, -0.15) is 9.97 Å². The molecule has 240 valence electrons. The van der Waals surface area contributed by atoms with E-state index in [1.54, 1.807) is 18.0 Å². The zero-order chi connectivity index (χ0) is 31.8. The summed E-state index contributed by atoms with van der Waals surface area (Å²) in [5.41, 5.74) is -0.611. The number of nitrogens with one attached hydrogen (secondary N) is 2. The third-order valence-corrected chi connectivity index (χ3v) is 11.0. The Bertz CT molecular complexity index is 1600. The van der Waals surface area contributed by atoms with Crippen molar-refractivity contribution in [2.45, 2.75) is 68.3 Å². The monoisotopic (exact) mass is 637 g/mol. The van der Waals surface area contributed by atoms with Gasteiger partial charge in [0.1, 0.15) is 11.6 Å². The smallest absolute Gasteiger partial charge is 0.259 e. The highest BCUT2D eigenvalue weighted by Crippen LogP contribution is 2.47. The number of hydrogen-bond donors (Lipinski definition) is 2. The fourth-order valence-electron chi connectivity index (χ4n) is 6.35. The molecule has 3 amide bonds. The number of fused-ring (bicyclic) bond motifs is 2. The Morgan fingerprint density at radius 2 is 1.80 bits per heavy atom. The lowest BCUT2D eigenvalue weighted by molar-refractivity contribution is -0.140. The number of benzene rings is 1. The molecular weight excluding hydrogens is 598 g/mol. The second kappa shape index (κ2) is 12.4. The molecular formula is C32H39N5O7S. The topological polar surface area (TPSA) is 157 Å². The molecule has 4 aliphatic rings. The Morgan fingerprint density at radius 1 is 1.07 bits per heavy atom. The number of sulfonamides is 1. The maximum atomic E-state index is 14.0. The number of ether oxygens (including phenoxy) is 2. The molecule has 1 aliphatic heterocycles. The number of carbonyl (C=O) groups excluding carboxylic acids is 3. The van der Waals surface area contributed by atoms with Gasteiger partial charge in [0.15, 0.2) is 5.82 Å². The fraction of sp³-hybridized carbons (Fsp3) is 0.531. The van der Waals surface area contributed by atoms with E-state index in [1.807, 2.05) is 42.5 Å². The molecule has 1 aromatic carbocycles. The first kappa shape index (κ1) is 31.0. The van der Waals surface area contributed by atoms with Crippen molar-refractivity contribution in [3.63, 3.8) is 0 Å². The second-order valence-corrected chi connectivity index (χ2v) is 14.5. The van der Waals surface area contributed by atoms with Gasteiger partial charge in [-0.05, 0) is 51.4 Å². The van der Waals surface area contributed by atoms with E-state index in [1.165, 1.54) is 7.11 Å². The summed E-state index contributed by atoms with van der Waals surface area (Å²) in [5.74, 6) is -2.20. The lowest BCUT2D eigenvalue weighted by Gasteiger charge is -2.26. The standard InChI is InChI=1S/C32H39N5O7S/c1-37-15-9-4-3-8-12-21-19-32(21,31(40)36-45(41,42)23-13-14-23)35-29(38)24-16-22(17-25(24)30(37)39)44-27-18-26(43-2)33-28(34-27)20-10-6-5-7-11-20/h5-8,10-12,18,21-25H,3-4,9,13-17,19H2,1-2H3,(H,35,38)(H,36,40)/b12-8-/t21-,22+,24+,25+,32+/m0/s1. The predicted molar refractivity (Wildman–Crippen MR) is 164 cm³/mol. The van der Waals surface area contributed by atoms with E-state index in [-0.39, 0.29) is 37.0 Å². The second-order valence-electron chi connectivity index (χ2n) is 12.5. The van der Waals surface area contributed by atoms with Crippen molar-refractivity contribution >= 4 is 27.7 Å². The van der Waals surface area contributed by atoms with Crippen LogP contribution in [0.5, 0.6) is 11.8 Å². The summed E-state index contributed by atoms with van der Waals surface area (Å²) in [5, 5.41) is 2.33. The van der Waals surface area contributed by atoms with E-state index in [2.05, 4.69) is 20.0 Å². The van der Waals surface area contributed by atoms with Crippen LogP contribution in [0.4, 0.5) is 0 Å². The minimum Gasteiger partial charge on any atom is -0.481 e. The van der Waals surface area contributed by atoms with Gasteiger partial charge >= 0.3 is 0 Å². The molecule has 2 heterocycles. The number of methoxy groups -OCH3 is 1. The number of rotatable bonds is 7. The highest BCUT2D eigenvalue weighted by Gasteiger charge is 2.62. The van der Waals surface area contributed by atoms with Gasteiger partial charge < -0.3 is 19.7 Å². The molecule has 3 saturated carbocycles. The summed E-state index contributed by atoms with van der Waals surface area (Å²) < 4.78 is 39.2. The van der Waals surface area contributed by atoms with Gasteiger partial charge in [0, 0.05) is 25.1 Å². The van der Waals surface area contributed by atoms with E-state index < -0.39 is 50.6 Å². The SMILES string of the molecule is COc1cc(O[C@@H]2C[C@H]3C(=O)N[C@]4(C(=O)NS(=O)(=O)C5CC5)C[C@@H]4/C=C\CCCCN(C)C(=O)[C@@H]3C2)nc(-c2ccccc2)n1. The lowest BCUT2D eigenvalue weighted by atomic mass is 9.93. The first-order valence-corrected chi connectivity index (χ1v) is 17.1. The van der Waals surface area contributed by atoms with Gasteiger partial charge in [-0.1, -0.05) is 42.5 Å². The van der Waals surface area contributed by atoms with Crippen LogP contribution in [0.3, 0.4) is 0 Å². The summed E-state index contributed by atoms with van der Waals surface area (Å²) >= 11 is 0. The van der Waals surface area contributed by atoms with E-state index in [0.717, 1.165) is 24.8 Å². The molecule has 3 aliphatic carbocycles. The van der Waals surface area contributed by atoms with Crippen LogP contribution in [0.2, 0.25) is 0 Å². The first-order chi connectivity index (χ1) is 21.6. The lowest BCUT2D eigenvalue weighted by Crippen LogP contribution is -2.54. The number of hydrogen-bond acceptors (Lipinski definition) is 9. The molecule has 0 bridgehead atoms. The molecule has 5 atom stereocenters. The highest BCUT2D eigenvalue weighted by atomic mass is 32.2. The van der Waals surface area contributed by atoms with Gasteiger partial charge in [0.05, 0.1) is 30.3 Å². The first-order valence-electron chi connectivity index (χ1n) is 15.5. The van der Waals surface area contributed by atoms with Crippen molar-refractivity contribution in [2.75, 3.05) is 20.7 Å². The maximum absolute atomic E-state index is 14.0. The number of carbonyl (C=O) groups is 3. The van der Waals surface area contributed by atoms with Crippen molar-refractivity contribution in [3.8, 4) is 23.1 Å². The molecule has 0 unspecified atom stereocenters. The van der Waals surface area contributed by atoms with Crippen LogP contribution in [0.15, 0.2) is 48.6 Å². The normalized spacial score (nSPS) is 29.4. The summed E-state index contributed by atoms with van der Waals surface area (Å²) in [7, 11) is -0.570. The minimum absolute atomic E-state index is 0.166.